The molecule has 1 unspecified atom stereocenters. The first-order valence-corrected chi connectivity index (χ1v) is 7.50. The van der Waals surface area contributed by atoms with Gasteiger partial charge in [-0.3, -0.25) is 9.69 Å². The van der Waals surface area contributed by atoms with E-state index >= 15 is 0 Å². The summed E-state index contributed by atoms with van der Waals surface area (Å²) in [4.78, 5) is 27.6. The van der Waals surface area contributed by atoms with E-state index in [1.807, 2.05) is 0 Å². The first-order valence-electron chi connectivity index (χ1n) is 7.50. The van der Waals surface area contributed by atoms with Gasteiger partial charge >= 0.3 is 6.03 Å². The van der Waals surface area contributed by atoms with Gasteiger partial charge in [0.1, 0.15) is 5.54 Å². The summed E-state index contributed by atoms with van der Waals surface area (Å²) in [5, 5.41) is 2.71. The number of likely N-dealkylation sites (tertiary alicyclic amines) is 1. The van der Waals surface area contributed by atoms with E-state index in [1.54, 1.807) is 13.8 Å². The minimum atomic E-state index is -0.763. The predicted octanol–water partition coefficient (Wildman–Crippen LogP) is 0.799. The van der Waals surface area contributed by atoms with Crippen LogP contribution in [0, 0.1) is 5.92 Å². The number of nitrogens with one attached hydrogen (secondary N) is 1. The van der Waals surface area contributed by atoms with Crippen molar-refractivity contribution in [3.8, 4) is 0 Å². The molecule has 0 bridgehead atoms. The van der Waals surface area contributed by atoms with Crippen molar-refractivity contribution in [3.63, 3.8) is 0 Å². The number of halogens is 1. The van der Waals surface area contributed by atoms with Gasteiger partial charge in [-0.05, 0) is 52.1 Å². The van der Waals surface area contributed by atoms with Crippen molar-refractivity contribution < 1.29 is 9.59 Å². The maximum atomic E-state index is 12.1. The van der Waals surface area contributed by atoms with Crippen molar-refractivity contribution in [1.29, 1.82) is 0 Å². The van der Waals surface area contributed by atoms with E-state index in [2.05, 4.69) is 10.2 Å². The summed E-state index contributed by atoms with van der Waals surface area (Å²) in [5.74, 6) is 0.534. The lowest BCUT2D eigenvalue weighted by Gasteiger charge is -2.33. The Kier molecular flexibility index (Phi) is 6.43. The Morgan fingerprint density at radius 1 is 1.33 bits per heavy atom. The summed E-state index contributed by atoms with van der Waals surface area (Å²) >= 11 is 0. The van der Waals surface area contributed by atoms with Crippen LogP contribution in [0.3, 0.4) is 0 Å². The van der Waals surface area contributed by atoms with E-state index in [0.717, 1.165) is 32.6 Å². The summed E-state index contributed by atoms with van der Waals surface area (Å²) in [6.45, 7) is 7.54. The highest BCUT2D eigenvalue weighted by Crippen LogP contribution is 2.20. The molecule has 0 aliphatic carbocycles. The summed E-state index contributed by atoms with van der Waals surface area (Å²) in [5.41, 5.74) is 4.86. The lowest BCUT2D eigenvalue weighted by Crippen LogP contribution is -2.44. The Hall–Kier alpha value is -0.850. The Labute approximate surface area is 132 Å². The summed E-state index contributed by atoms with van der Waals surface area (Å²) < 4.78 is 0. The number of urea groups is 1. The van der Waals surface area contributed by atoms with Crippen LogP contribution in [0.25, 0.3) is 0 Å². The number of rotatable bonds is 5. The number of nitrogens with two attached hydrogens (primary N) is 1. The SMILES string of the molecule is CC1(C)NC(=O)N(CCN2CCCC(CCN)C2)C1=O.Cl. The second-order valence-corrected chi connectivity index (χ2v) is 6.40. The maximum absolute atomic E-state index is 12.1. The number of carbonyl (C=O) groups excluding carboxylic acids is 2. The van der Waals surface area contributed by atoms with E-state index < -0.39 is 5.54 Å². The van der Waals surface area contributed by atoms with Crippen LogP contribution in [0.5, 0.6) is 0 Å². The molecule has 2 aliphatic heterocycles. The van der Waals surface area contributed by atoms with Gasteiger partial charge in [0.05, 0.1) is 0 Å². The highest BCUT2D eigenvalue weighted by molar-refractivity contribution is 6.06. The van der Waals surface area contributed by atoms with Crippen LogP contribution in [0.4, 0.5) is 4.79 Å². The molecule has 0 saturated carbocycles. The molecule has 2 saturated heterocycles. The number of hydrogen-bond acceptors (Lipinski definition) is 4. The second-order valence-electron chi connectivity index (χ2n) is 6.40. The molecule has 3 N–H and O–H groups in total. The standard InChI is InChI=1S/C14H26N4O2.ClH/c1-14(2)12(19)18(13(20)16-14)9-8-17-7-3-4-11(10-17)5-6-15;/h11H,3-10,15H2,1-2H3,(H,16,20);1H. The summed E-state index contributed by atoms with van der Waals surface area (Å²) in [6, 6.07) is -0.268. The zero-order valence-corrected chi connectivity index (χ0v) is 13.7. The van der Waals surface area contributed by atoms with Gasteiger partial charge < -0.3 is 16.0 Å². The number of imide groups is 1. The monoisotopic (exact) mass is 318 g/mol. The molecule has 0 aromatic heterocycles. The number of carbonyl (C=O) groups is 2. The molecule has 6 nitrogen and oxygen atoms in total. The highest BCUT2D eigenvalue weighted by Gasteiger charge is 2.44. The van der Waals surface area contributed by atoms with Crippen molar-refractivity contribution in [3.05, 3.63) is 0 Å². The van der Waals surface area contributed by atoms with Gasteiger partial charge in [0.25, 0.3) is 5.91 Å². The van der Waals surface area contributed by atoms with Gasteiger partial charge in [-0.2, -0.15) is 0 Å². The molecule has 1 atom stereocenters. The van der Waals surface area contributed by atoms with Crippen LogP contribution in [-0.2, 0) is 4.79 Å². The lowest BCUT2D eigenvalue weighted by molar-refractivity contribution is -0.130. The molecule has 2 heterocycles. The molecule has 0 aromatic rings. The van der Waals surface area contributed by atoms with E-state index in [4.69, 9.17) is 5.73 Å². The largest absolute Gasteiger partial charge is 0.330 e. The number of nitrogens with zero attached hydrogens (tertiary/aromatic N) is 2. The van der Waals surface area contributed by atoms with Gasteiger partial charge in [0.15, 0.2) is 0 Å². The second kappa shape index (κ2) is 7.42. The molecular weight excluding hydrogens is 292 g/mol. The fourth-order valence-electron chi connectivity index (χ4n) is 3.09. The van der Waals surface area contributed by atoms with Gasteiger partial charge in [0, 0.05) is 19.6 Å². The fraction of sp³-hybridized carbons (Fsp3) is 0.857. The molecule has 2 rings (SSSR count). The molecule has 0 spiro atoms. The number of hydrogen-bond donors (Lipinski definition) is 2. The Balaban J connectivity index is 0.00000220. The van der Waals surface area contributed by atoms with Crippen molar-refractivity contribution >= 4 is 24.3 Å². The quantitative estimate of drug-likeness (QED) is 0.735. The maximum Gasteiger partial charge on any atom is 0.325 e. The normalized spacial score (nSPS) is 25.7. The van der Waals surface area contributed by atoms with E-state index in [-0.39, 0.29) is 24.3 Å². The highest BCUT2D eigenvalue weighted by atomic mass is 35.5. The third-order valence-corrected chi connectivity index (χ3v) is 4.26. The molecule has 122 valence electrons. The molecule has 7 heteroatoms. The third kappa shape index (κ3) is 4.31. The average molecular weight is 319 g/mol. The van der Waals surface area contributed by atoms with E-state index in [1.165, 1.54) is 17.7 Å². The molecule has 21 heavy (non-hydrogen) atoms. The van der Waals surface area contributed by atoms with Gasteiger partial charge in [-0.25, -0.2) is 4.79 Å². The summed E-state index contributed by atoms with van der Waals surface area (Å²) in [7, 11) is 0. The molecular formula is C14H27ClN4O2. The molecule has 2 aliphatic rings. The first kappa shape index (κ1) is 18.2. The minimum absolute atomic E-state index is 0. The van der Waals surface area contributed by atoms with Crippen LogP contribution in [0.1, 0.15) is 33.1 Å². The molecule has 0 aromatic carbocycles. The van der Waals surface area contributed by atoms with E-state index in [9.17, 15) is 9.59 Å². The van der Waals surface area contributed by atoms with Crippen molar-refractivity contribution in [2.24, 2.45) is 11.7 Å². The van der Waals surface area contributed by atoms with Crippen molar-refractivity contribution in [2.45, 2.75) is 38.6 Å². The molecule has 3 amide bonds. The van der Waals surface area contributed by atoms with Crippen LogP contribution in [0.15, 0.2) is 0 Å². The van der Waals surface area contributed by atoms with Crippen molar-refractivity contribution in [2.75, 3.05) is 32.7 Å². The Morgan fingerprint density at radius 2 is 2.05 bits per heavy atom. The van der Waals surface area contributed by atoms with E-state index in [0.29, 0.717) is 12.5 Å². The third-order valence-electron chi connectivity index (χ3n) is 4.26. The van der Waals surface area contributed by atoms with Crippen LogP contribution >= 0.6 is 12.4 Å². The van der Waals surface area contributed by atoms with Gasteiger partial charge in [-0.15, -0.1) is 12.4 Å². The number of piperidine rings is 1. The van der Waals surface area contributed by atoms with Crippen LogP contribution < -0.4 is 11.1 Å². The first-order chi connectivity index (χ1) is 9.44. The van der Waals surface area contributed by atoms with Crippen molar-refractivity contribution in [1.82, 2.24) is 15.1 Å². The fourth-order valence-corrected chi connectivity index (χ4v) is 3.09. The lowest BCUT2D eigenvalue weighted by atomic mass is 9.95. The Morgan fingerprint density at radius 3 is 2.62 bits per heavy atom. The van der Waals surface area contributed by atoms with Crippen LogP contribution in [-0.4, -0.2) is 60.0 Å². The average Bonchev–Trinajstić information content (AvgIpc) is 2.57. The topological polar surface area (TPSA) is 78.7 Å². The van der Waals surface area contributed by atoms with Gasteiger partial charge in [0.2, 0.25) is 0 Å². The zero-order chi connectivity index (χ0) is 14.8. The smallest absolute Gasteiger partial charge is 0.325 e. The van der Waals surface area contributed by atoms with Crippen LogP contribution in [0.2, 0.25) is 0 Å². The predicted molar refractivity (Wildman–Crippen MR) is 84.4 cm³/mol. The Bertz CT molecular complexity index is 387. The summed E-state index contributed by atoms with van der Waals surface area (Å²) in [6.07, 6.45) is 3.48. The molecule has 0 radical (unpaired) electrons. The minimum Gasteiger partial charge on any atom is -0.330 e. The van der Waals surface area contributed by atoms with Gasteiger partial charge in [-0.1, -0.05) is 0 Å². The zero-order valence-electron chi connectivity index (χ0n) is 12.9. The molecule has 2 fully saturated rings. The number of amides is 3.